The molecule has 2 fully saturated rings. The van der Waals surface area contributed by atoms with Crippen LogP contribution in [0.5, 0.6) is 0 Å². The number of fused-ring (bicyclic) bond motifs is 2. The number of hydrogen-bond donors (Lipinski definition) is 4. The Bertz CT molecular complexity index is 1180. The van der Waals surface area contributed by atoms with Crippen molar-refractivity contribution >= 4 is 33.2 Å². The molecule has 0 radical (unpaired) electrons. The smallest absolute Gasteiger partial charge is 0.261 e. The molecule has 0 saturated heterocycles. The van der Waals surface area contributed by atoms with Crippen molar-refractivity contribution in [2.45, 2.75) is 48.4 Å². The van der Waals surface area contributed by atoms with Gasteiger partial charge in [-0.25, -0.2) is 13.1 Å². The first kappa shape index (κ1) is 23.5. The lowest BCUT2D eigenvalue weighted by Gasteiger charge is -2.29. The minimum absolute atomic E-state index is 0.0153. The third-order valence-electron chi connectivity index (χ3n) is 7.44. The number of aliphatic hydroxyl groups excluding tert-OH is 1. The monoisotopic (exact) mass is 503 g/mol. The van der Waals surface area contributed by atoms with E-state index in [9.17, 15) is 18.0 Å². The molecule has 1 heterocycles. The van der Waals surface area contributed by atoms with Crippen molar-refractivity contribution < 1.29 is 23.1 Å². The predicted octanol–water partition coefficient (Wildman–Crippen LogP) is 1.97. The Morgan fingerprint density at radius 3 is 2.47 bits per heavy atom. The van der Waals surface area contributed by atoms with E-state index in [1.165, 1.54) is 25.0 Å². The van der Waals surface area contributed by atoms with Crippen molar-refractivity contribution in [3.8, 4) is 0 Å². The summed E-state index contributed by atoms with van der Waals surface area (Å²) in [6.45, 7) is -0.401. The maximum Gasteiger partial charge on any atom is 0.261 e. The zero-order chi connectivity index (χ0) is 23.9. The van der Waals surface area contributed by atoms with Gasteiger partial charge in [-0.3, -0.25) is 9.59 Å². The number of carbonyl (C=O) groups excluding carboxylic acids is 2. The Morgan fingerprint density at radius 2 is 1.76 bits per heavy atom. The average Bonchev–Trinajstić information content (AvgIpc) is 3.50. The van der Waals surface area contributed by atoms with Crippen molar-refractivity contribution in [3.05, 3.63) is 52.4 Å². The molecule has 182 valence electrons. The van der Waals surface area contributed by atoms with Gasteiger partial charge in [-0.1, -0.05) is 24.3 Å². The SMILES string of the molecule is O=C(N[C@@H]1Cc2ccccc2[C@H]1NC(=O)C1C[C@H]2CC[C@H]2C1)c1ccc(S(=O)(=O)NCCO)s1. The average molecular weight is 504 g/mol. The van der Waals surface area contributed by atoms with Crippen LogP contribution in [0.4, 0.5) is 0 Å². The van der Waals surface area contributed by atoms with Crippen LogP contribution in [-0.4, -0.2) is 44.5 Å². The van der Waals surface area contributed by atoms with E-state index in [4.69, 9.17) is 5.11 Å². The molecule has 5 rings (SSSR count). The summed E-state index contributed by atoms with van der Waals surface area (Å²) in [5.74, 6) is 1.12. The molecule has 3 aliphatic rings. The van der Waals surface area contributed by atoms with Crippen LogP contribution in [0.1, 0.15) is 52.5 Å². The van der Waals surface area contributed by atoms with Gasteiger partial charge in [0.05, 0.1) is 23.6 Å². The lowest BCUT2D eigenvalue weighted by atomic mass is 9.77. The Morgan fingerprint density at radius 1 is 1.03 bits per heavy atom. The zero-order valence-electron chi connectivity index (χ0n) is 18.7. The standard InChI is InChI=1S/C24H29N3O5S2/c28-10-9-25-34(31,32)21-8-7-20(33-21)24(30)26-19-13-16-3-1-2-4-18(16)22(19)27-23(29)17-11-14-5-6-15(14)12-17/h1-4,7-8,14-15,17,19,22,25,28H,5-6,9-13H2,(H,26,30)(H,27,29)/t14-,15+,17?,19-,22-/m1/s1. The molecule has 34 heavy (non-hydrogen) atoms. The highest BCUT2D eigenvalue weighted by Crippen LogP contribution is 2.49. The first-order valence-corrected chi connectivity index (χ1v) is 14.0. The number of nitrogens with one attached hydrogen (secondary N) is 3. The molecule has 2 amide bonds. The Kier molecular flexibility index (Phi) is 6.49. The van der Waals surface area contributed by atoms with Gasteiger partial charge in [0.15, 0.2) is 0 Å². The molecule has 2 aromatic rings. The molecule has 3 aliphatic carbocycles. The van der Waals surface area contributed by atoms with Crippen molar-refractivity contribution in [1.82, 2.24) is 15.4 Å². The maximum atomic E-state index is 13.1. The van der Waals surface area contributed by atoms with Crippen LogP contribution in [0, 0.1) is 17.8 Å². The number of rotatable bonds is 8. The number of sulfonamides is 1. The summed E-state index contributed by atoms with van der Waals surface area (Å²) < 4.78 is 26.9. The largest absolute Gasteiger partial charge is 0.395 e. The number of benzene rings is 1. The summed E-state index contributed by atoms with van der Waals surface area (Å²) in [7, 11) is -3.77. The van der Waals surface area contributed by atoms with Gasteiger partial charge in [0.1, 0.15) is 4.21 Å². The molecule has 1 aromatic carbocycles. The third-order valence-corrected chi connectivity index (χ3v) is 10.5. The third kappa shape index (κ3) is 4.51. The number of amides is 2. The number of hydrogen-bond acceptors (Lipinski definition) is 6. The van der Waals surface area contributed by atoms with Crippen LogP contribution in [0.2, 0.25) is 0 Å². The topological polar surface area (TPSA) is 125 Å². The molecule has 4 N–H and O–H groups in total. The van der Waals surface area contributed by atoms with Crippen LogP contribution < -0.4 is 15.4 Å². The van der Waals surface area contributed by atoms with E-state index in [0.717, 1.165) is 35.3 Å². The summed E-state index contributed by atoms with van der Waals surface area (Å²) in [5.41, 5.74) is 2.11. The minimum atomic E-state index is -3.77. The van der Waals surface area contributed by atoms with E-state index in [-0.39, 0.29) is 52.1 Å². The first-order valence-electron chi connectivity index (χ1n) is 11.7. The van der Waals surface area contributed by atoms with Crippen molar-refractivity contribution in [2.75, 3.05) is 13.2 Å². The van der Waals surface area contributed by atoms with Gasteiger partial charge in [-0.15, -0.1) is 11.3 Å². The van der Waals surface area contributed by atoms with Crippen LogP contribution >= 0.6 is 11.3 Å². The van der Waals surface area contributed by atoms with Crippen LogP contribution in [-0.2, 0) is 21.2 Å². The number of carbonyl (C=O) groups is 2. The van der Waals surface area contributed by atoms with Crippen LogP contribution in [0.25, 0.3) is 0 Å². The fourth-order valence-corrected chi connectivity index (χ4v) is 7.83. The highest BCUT2D eigenvalue weighted by atomic mass is 32.2. The van der Waals surface area contributed by atoms with Gasteiger partial charge >= 0.3 is 0 Å². The van der Waals surface area contributed by atoms with Gasteiger partial charge in [0, 0.05) is 12.5 Å². The lowest BCUT2D eigenvalue weighted by molar-refractivity contribution is -0.125. The Labute approximate surface area is 203 Å². The van der Waals surface area contributed by atoms with Crippen molar-refractivity contribution in [1.29, 1.82) is 0 Å². The lowest BCUT2D eigenvalue weighted by Crippen LogP contribution is -2.45. The predicted molar refractivity (Wildman–Crippen MR) is 128 cm³/mol. The minimum Gasteiger partial charge on any atom is -0.395 e. The quantitative estimate of drug-likeness (QED) is 0.438. The Balaban J connectivity index is 1.29. The molecule has 2 saturated carbocycles. The van der Waals surface area contributed by atoms with Crippen molar-refractivity contribution in [2.24, 2.45) is 17.8 Å². The van der Waals surface area contributed by atoms with Gasteiger partial charge in [-0.05, 0) is 67.2 Å². The highest BCUT2D eigenvalue weighted by Gasteiger charge is 2.44. The van der Waals surface area contributed by atoms with Crippen molar-refractivity contribution in [3.63, 3.8) is 0 Å². The first-order chi connectivity index (χ1) is 16.4. The molecule has 0 aliphatic heterocycles. The fraction of sp³-hybridized carbons (Fsp3) is 0.500. The van der Waals surface area contributed by atoms with Gasteiger partial charge in [0.2, 0.25) is 15.9 Å². The number of aliphatic hydroxyl groups is 1. The second-order valence-electron chi connectivity index (χ2n) is 9.48. The molecule has 10 heteroatoms. The van der Waals surface area contributed by atoms with Gasteiger partial charge in [0.25, 0.3) is 5.91 Å². The highest BCUT2D eigenvalue weighted by molar-refractivity contribution is 7.91. The summed E-state index contributed by atoms with van der Waals surface area (Å²) in [5, 5.41) is 15.1. The molecule has 0 bridgehead atoms. The summed E-state index contributed by atoms with van der Waals surface area (Å²) in [4.78, 5) is 26.4. The molecular formula is C24H29N3O5S2. The van der Waals surface area contributed by atoms with Gasteiger partial charge in [-0.2, -0.15) is 0 Å². The zero-order valence-corrected chi connectivity index (χ0v) is 20.3. The van der Waals surface area contributed by atoms with E-state index in [1.807, 2.05) is 24.3 Å². The molecule has 1 unspecified atom stereocenters. The fourth-order valence-electron chi connectivity index (χ4n) is 5.56. The number of thiophene rings is 1. The second-order valence-corrected chi connectivity index (χ2v) is 12.6. The molecule has 1 aromatic heterocycles. The molecule has 0 spiro atoms. The van der Waals surface area contributed by atoms with E-state index in [2.05, 4.69) is 15.4 Å². The van der Waals surface area contributed by atoms with E-state index in [1.54, 1.807) is 0 Å². The Hall–Kier alpha value is -2.27. The van der Waals surface area contributed by atoms with Gasteiger partial charge < -0.3 is 15.7 Å². The maximum absolute atomic E-state index is 13.1. The summed E-state index contributed by atoms with van der Waals surface area (Å²) in [6, 6.07) is 10.1. The van der Waals surface area contributed by atoms with Crippen LogP contribution in [0.3, 0.4) is 0 Å². The van der Waals surface area contributed by atoms with E-state index >= 15 is 0 Å². The van der Waals surface area contributed by atoms with Crippen LogP contribution in [0.15, 0.2) is 40.6 Å². The molecular weight excluding hydrogens is 474 g/mol. The summed E-state index contributed by atoms with van der Waals surface area (Å²) in [6.07, 6.45) is 4.97. The molecule has 8 nitrogen and oxygen atoms in total. The summed E-state index contributed by atoms with van der Waals surface area (Å²) >= 11 is 0.877. The normalized spacial score (nSPS) is 27.5. The van der Waals surface area contributed by atoms with E-state index in [0.29, 0.717) is 18.3 Å². The van der Waals surface area contributed by atoms with E-state index < -0.39 is 10.0 Å². The molecule has 5 atom stereocenters. The second kappa shape index (κ2) is 9.41.